The van der Waals surface area contributed by atoms with Crippen LogP contribution in [0.3, 0.4) is 0 Å². The highest BCUT2D eigenvalue weighted by Crippen LogP contribution is 2.28. The lowest BCUT2D eigenvalue weighted by atomic mass is 10.2. The Morgan fingerprint density at radius 2 is 1.93 bits per heavy atom. The average molecular weight is 385 g/mol. The number of rotatable bonds is 5. The van der Waals surface area contributed by atoms with Crippen LogP contribution in [0.5, 0.6) is 0 Å². The normalized spacial score (nSPS) is 12.8. The number of primary amides is 1. The number of amides is 1. The first-order valence-electron chi connectivity index (χ1n) is 9.53. The van der Waals surface area contributed by atoms with Gasteiger partial charge in [-0.25, -0.2) is 4.98 Å². The van der Waals surface area contributed by atoms with Gasteiger partial charge in [0.25, 0.3) is 11.9 Å². The summed E-state index contributed by atoms with van der Waals surface area (Å²) in [6.07, 6.45) is 2.91. The summed E-state index contributed by atoms with van der Waals surface area (Å²) in [6, 6.07) is 15.4. The predicted molar refractivity (Wildman–Crippen MR) is 109 cm³/mol. The fourth-order valence-corrected chi connectivity index (χ4v) is 3.73. The number of anilines is 1. The highest BCUT2D eigenvalue weighted by Gasteiger charge is 2.22. The molecule has 3 N–H and O–H groups in total. The van der Waals surface area contributed by atoms with Crippen molar-refractivity contribution in [1.82, 2.24) is 25.0 Å². The van der Waals surface area contributed by atoms with Crippen molar-refractivity contribution < 1.29 is 4.79 Å². The van der Waals surface area contributed by atoms with E-state index in [1.807, 2.05) is 24.3 Å². The Morgan fingerprint density at radius 3 is 2.76 bits per heavy atom. The summed E-state index contributed by atoms with van der Waals surface area (Å²) in [5, 5.41) is 11.8. The van der Waals surface area contributed by atoms with E-state index in [4.69, 9.17) is 15.7 Å². The van der Waals surface area contributed by atoms with Gasteiger partial charge in [0.05, 0.1) is 16.8 Å². The molecule has 0 spiro atoms. The maximum Gasteiger partial charge on any atom is 0.254 e. The van der Waals surface area contributed by atoms with Gasteiger partial charge < -0.3 is 11.1 Å². The number of hydrogen-bond donors (Lipinski definition) is 2. The topological polar surface area (TPSA) is 112 Å². The van der Waals surface area contributed by atoms with Crippen LogP contribution in [0.15, 0.2) is 48.5 Å². The molecule has 144 valence electrons. The number of aromatic nitrogens is 5. The van der Waals surface area contributed by atoms with Gasteiger partial charge in [0.2, 0.25) is 0 Å². The van der Waals surface area contributed by atoms with Gasteiger partial charge in [-0.3, -0.25) is 4.79 Å². The first kappa shape index (κ1) is 17.3. The first-order valence-corrected chi connectivity index (χ1v) is 9.53. The van der Waals surface area contributed by atoms with E-state index < -0.39 is 5.91 Å². The smallest absolute Gasteiger partial charge is 0.254 e. The van der Waals surface area contributed by atoms with Crippen LogP contribution in [0.2, 0.25) is 0 Å². The summed E-state index contributed by atoms with van der Waals surface area (Å²) >= 11 is 0. The van der Waals surface area contributed by atoms with Gasteiger partial charge in [0, 0.05) is 12.1 Å². The second kappa shape index (κ2) is 6.97. The zero-order valence-electron chi connectivity index (χ0n) is 15.7. The molecule has 2 aromatic heterocycles. The summed E-state index contributed by atoms with van der Waals surface area (Å²) < 4.78 is 1.56. The van der Waals surface area contributed by atoms with Crippen LogP contribution in [0, 0.1) is 0 Å². The van der Waals surface area contributed by atoms with Crippen molar-refractivity contribution in [3.8, 4) is 5.95 Å². The lowest BCUT2D eigenvalue weighted by molar-refractivity contribution is 0.100. The number of benzene rings is 2. The minimum atomic E-state index is -0.539. The highest BCUT2D eigenvalue weighted by atomic mass is 16.1. The Hall–Kier alpha value is -3.81. The van der Waals surface area contributed by atoms with E-state index >= 15 is 0 Å². The van der Waals surface area contributed by atoms with E-state index in [1.54, 1.807) is 16.8 Å². The Bertz CT molecular complexity index is 1220. The number of carbonyl (C=O) groups excluding carboxylic acids is 1. The molecule has 0 radical (unpaired) electrons. The SMILES string of the molecule is NC(=O)c1cccc2c1nnn2-c1nc2c(c(NCc3ccccc3)n1)CCC2. The van der Waals surface area contributed by atoms with Gasteiger partial charge in [-0.2, -0.15) is 9.67 Å². The number of fused-ring (bicyclic) bond motifs is 2. The molecule has 4 aromatic rings. The summed E-state index contributed by atoms with van der Waals surface area (Å²) in [5.41, 5.74) is 10.3. The molecule has 29 heavy (non-hydrogen) atoms. The number of nitrogens with one attached hydrogen (secondary N) is 1. The van der Waals surface area contributed by atoms with E-state index in [1.165, 1.54) is 5.56 Å². The lowest BCUT2D eigenvalue weighted by Crippen LogP contribution is -2.12. The van der Waals surface area contributed by atoms with Crippen molar-refractivity contribution in [2.24, 2.45) is 5.73 Å². The summed E-state index contributed by atoms with van der Waals surface area (Å²) in [5.74, 6) is 0.717. The molecule has 0 atom stereocenters. The second-order valence-corrected chi connectivity index (χ2v) is 7.03. The highest BCUT2D eigenvalue weighted by molar-refractivity contribution is 6.04. The number of aryl methyl sites for hydroxylation is 1. The van der Waals surface area contributed by atoms with Crippen molar-refractivity contribution in [1.29, 1.82) is 0 Å². The Balaban J connectivity index is 1.57. The van der Waals surface area contributed by atoms with Gasteiger partial charge in [0.1, 0.15) is 11.3 Å². The molecule has 0 saturated heterocycles. The third-order valence-electron chi connectivity index (χ3n) is 5.16. The Labute approximate surface area is 166 Å². The monoisotopic (exact) mass is 385 g/mol. The van der Waals surface area contributed by atoms with Crippen molar-refractivity contribution in [3.63, 3.8) is 0 Å². The van der Waals surface area contributed by atoms with Crippen molar-refractivity contribution in [2.45, 2.75) is 25.8 Å². The molecule has 0 saturated carbocycles. The third-order valence-corrected chi connectivity index (χ3v) is 5.16. The standard InChI is InChI=1S/C21H19N7O/c22-19(29)15-9-5-11-17-18(15)26-27-28(17)21-24-16-10-4-8-14(16)20(25-21)23-12-13-6-2-1-3-7-13/h1-3,5-7,9,11H,4,8,10,12H2,(H2,22,29)(H,23,24,25). The van der Waals surface area contributed by atoms with E-state index in [0.29, 0.717) is 29.1 Å². The van der Waals surface area contributed by atoms with E-state index in [-0.39, 0.29) is 0 Å². The molecule has 2 heterocycles. The van der Waals surface area contributed by atoms with Gasteiger partial charge in [-0.05, 0) is 37.0 Å². The summed E-state index contributed by atoms with van der Waals surface area (Å²) in [7, 11) is 0. The predicted octanol–water partition coefficient (Wildman–Crippen LogP) is 2.41. The van der Waals surface area contributed by atoms with Crippen molar-refractivity contribution in [3.05, 3.63) is 70.9 Å². The maximum absolute atomic E-state index is 11.7. The van der Waals surface area contributed by atoms with Crippen molar-refractivity contribution in [2.75, 3.05) is 5.32 Å². The molecule has 0 fully saturated rings. The minimum absolute atomic E-state index is 0.331. The molecule has 8 nitrogen and oxygen atoms in total. The van der Waals surface area contributed by atoms with Crippen LogP contribution in [0.4, 0.5) is 5.82 Å². The molecular formula is C21H19N7O. The van der Waals surface area contributed by atoms with Crippen LogP contribution in [0.25, 0.3) is 17.0 Å². The molecule has 1 aliphatic rings. The van der Waals surface area contributed by atoms with Crippen LogP contribution in [0.1, 0.15) is 33.6 Å². The molecule has 0 bridgehead atoms. The fraction of sp³-hybridized carbons (Fsp3) is 0.190. The zero-order chi connectivity index (χ0) is 19.8. The Morgan fingerprint density at radius 1 is 1.07 bits per heavy atom. The number of hydrogen-bond acceptors (Lipinski definition) is 6. The summed E-state index contributed by atoms with van der Waals surface area (Å²) in [4.78, 5) is 21.2. The fourth-order valence-electron chi connectivity index (χ4n) is 3.73. The molecular weight excluding hydrogens is 366 g/mol. The second-order valence-electron chi connectivity index (χ2n) is 7.03. The van der Waals surface area contributed by atoms with Crippen LogP contribution < -0.4 is 11.1 Å². The molecule has 0 unspecified atom stereocenters. The first-order chi connectivity index (χ1) is 14.2. The van der Waals surface area contributed by atoms with Crippen molar-refractivity contribution >= 4 is 22.8 Å². The van der Waals surface area contributed by atoms with Gasteiger partial charge in [0.15, 0.2) is 0 Å². The third kappa shape index (κ3) is 3.08. The van der Waals surface area contributed by atoms with Crippen LogP contribution >= 0.6 is 0 Å². The van der Waals surface area contributed by atoms with Crippen LogP contribution in [-0.2, 0) is 19.4 Å². The maximum atomic E-state index is 11.7. The molecule has 0 aliphatic heterocycles. The van der Waals surface area contributed by atoms with Gasteiger partial charge in [-0.1, -0.05) is 41.6 Å². The minimum Gasteiger partial charge on any atom is -0.366 e. The molecule has 1 amide bonds. The van der Waals surface area contributed by atoms with Gasteiger partial charge in [-0.15, -0.1) is 5.10 Å². The number of nitrogens with two attached hydrogens (primary N) is 1. The molecule has 2 aromatic carbocycles. The summed E-state index contributed by atoms with van der Waals surface area (Å²) in [6.45, 7) is 0.674. The number of nitrogens with zero attached hydrogens (tertiary/aromatic N) is 5. The largest absolute Gasteiger partial charge is 0.366 e. The number of carbonyl (C=O) groups is 1. The van der Waals surface area contributed by atoms with E-state index in [2.05, 4.69) is 27.8 Å². The average Bonchev–Trinajstić information content (AvgIpc) is 3.39. The van der Waals surface area contributed by atoms with Crippen LogP contribution in [-0.4, -0.2) is 30.9 Å². The molecule has 5 rings (SSSR count). The molecule has 1 aliphatic carbocycles. The van der Waals surface area contributed by atoms with E-state index in [9.17, 15) is 4.79 Å². The van der Waals surface area contributed by atoms with E-state index in [0.717, 1.165) is 36.3 Å². The quantitative estimate of drug-likeness (QED) is 0.546. The zero-order valence-corrected chi connectivity index (χ0v) is 15.7. The Kier molecular flexibility index (Phi) is 4.16. The molecule has 8 heteroatoms. The lowest BCUT2D eigenvalue weighted by Gasteiger charge is -2.12. The van der Waals surface area contributed by atoms with Gasteiger partial charge >= 0.3 is 0 Å².